The summed E-state index contributed by atoms with van der Waals surface area (Å²) in [6.45, 7) is 3.72. The zero-order valence-electron chi connectivity index (χ0n) is 11.0. The molecule has 1 aliphatic heterocycles. The van der Waals surface area contributed by atoms with E-state index in [1.54, 1.807) is 11.9 Å². The van der Waals surface area contributed by atoms with Crippen LogP contribution in [0.4, 0.5) is 0 Å². The van der Waals surface area contributed by atoms with Gasteiger partial charge in [0.2, 0.25) is 11.8 Å². The highest BCUT2D eigenvalue weighted by Crippen LogP contribution is 2.26. The zero-order chi connectivity index (χ0) is 12.5. The van der Waals surface area contributed by atoms with Gasteiger partial charge in [0.1, 0.15) is 0 Å². The molecule has 1 aliphatic carbocycles. The Bertz CT molecular complexity index is 325. The van der Waals surface area contributed by atoms with Crippen molar-refractivity contribution in [3.63, 3.8) is 0 Å². The highest BCUT2D eigenvalue weighted by molar-refractivity contribution is 5.88. The van der Waals surface area contributed by atoms with E-state index in [4.69, 9.17) is 0 Å². The Morgan fingerprint density at radius 3 is 2.61 bits per heavy atom. The Kier molecular flexibility index (Phi) is 4.99. The van der Waals surface area contributed by atoms with Gasteiger partial charge >= 0.3 is 0 Å². The third-order valence-electron chi connectivity index (χ3n) is 3.55. The minimum Gasteiger partial charge on any atom is -0.352 e. The van der Waals surface area contributed by atoms with Gasteiger partial charge in [-0.2, -0.15) is 0 Å². The van der Waals surface area contributed by atoms with Crippen LogP contribution in [0.1, 0.15) is 26.2 Å². The molecule has 1 saturated heterocycles. The standard InChI is InChI=1S/C12H21N3O2.ClH/c1-12(5-6-13-8-12)11(17)15(2)7-10(16)14-9-3-4-9;/h9,13H,3-8H2,1-2H3,(H,14,16);1H. The van der Waals surface area contributed by atoms with Crippen molar-refractivity contribution in [2.24, 2.45) is 5.41 Å². The number of carbonyl (C=O) groups is 2. The van der Waals surface area contributed by atoms with Gasteiger partial charge in [0.25, 0.3) is 0 Å². The van der Waals surface area contributed by atoms with E-state index in [0.29, 0.717) is 12.6 Å². The van der Waals surface area contributed by atoms with Crippen LogP contribution in [0.5, 0.6) is 0 Å². The van der Waals surface area contributed by atoms with Crippen molar-refractivity contribution in [3.05, 3.63) is 0 Å². The monoisotopic (exact) mass is 275 g/mol. The number of carbonyl (C=O) groups excluding carboxylic acids is 2. The highest BCUT2D eigenvalue weighted by Gasteiger charge is 2.38. The van der Waals surface area contributed by atoms with Gasteiger partial charge < -0.3 is 15.5 Å². The molecule has 1 heterocycles. The van der Waals surface area contributed by atoms with E-state index in [2.05, 4.69) is 10.6 Å². The summed E-state index contributed by atoms with van der Waals surface area (Å²) in [5, 5.41) is 6.09. The van der Waals surface area contributed by atoms with Gasteiger partial charge in [-0.05, 0) is 32.7 Å². The van der Waals surface area contributed by atoms with Gasteiger partial charge in [-0.3, -0.25) is 9.59 Å². The molecule has 1 atom stereocenters. The van der Waals surface area contributed by atoms with Crippen molar-refractivity contribution < 1.29 is 9.59 Å². The predicted molar refractivity (Wildman–Crippen MR) is 71.6 cm³/mol. The lowest BCUT2D eigenvalue weighted by Gasteiger charge is -2.27. The normalized spacial score (nSPS) is 26.3. The smallest absolute Gasteiger partial charge is 0.239 e. The molecule has 0 bridgehead atoms. The maximum absolute atomic E-state index is 12.2. The SMILES string of the molecule is CN(CC(=O)NC1CC1)C(=O)C1(C)CCNC1.Cl. The second-order valence-corrected chi connectivity index (χ2v) is 5.49. The van der Waals surface area contributed by atoms with Crippen molar-refractivity contribution in [1.29, 1.82) is 0 Å². The number of rotatable bonds is 4. The molecule has 0 spiro atoms. The second-order valence-electron chi connectivity index (χ2n) is 5.49. The van der Waals surface area contributed by atoms with Crippen molar-refractivity contribution in [2.75, 3.05) is 26.7 Å². The minimum atomic E-state index is -0.339. The quantitative estimate of drug-likeness (QED) is 0.768. The van der Waals surface area contributed by atoms with Crippen LogP contribution in [0.2, 0.25) is 0 Å². The minimum absolute atomic E-state index is 0. The molecule has 1 unspecified atom stereocenters. The summed E-state index contributed by atoms with van der Waals surface area (Å²) in [6, 6.07) is 0.356. The summed E-state index contributed by atoms with van der Waals surface area (Å²) in [6.07, 6.45) is 3.00. The second kappa shape index (κ2) is 5.89. The maximum atomic E-state index is 12.2. The van der Waals surface area contributed by atoms with Crippen LogP contribution in [-0.2, 0) is 9.59 Å². The molecule has 6 heteroatoms. The van der Waals surface area contributed by atoms with Gasteiger partial charge in [0.15, 0.2) is 0 Å². The summed E-state index contributed by atoms with van der Waals surface area (Å²) < 4.78 is 0. The molecule has 104 valence electrons. The van der Waals surface area contributed by atoms with Gasteiger partial charge in [-0.1, -0.05) is 0 Å². The molecule has 5 nitrogen and oxygen atoms in total. The van der Waals surface area contributed by atoms with Crippen LogP contribution < -0.4 is 10.6 Å². The number of hydrogen-bond donors (Lipinski definition) is 2. The molecule has 2 amide bonds. The Morgan fingerprint density at radius 2 is 2.11 bits per heavy atom. The number of likely N-dealkylation sites (N-methyl/N-ethyl adjacent to an activating group) is 1. The lowest BCUT2D eigenvalue weighted by Crippen LogP contribution is -2.46. The molecular weight excluding hydrogens is 254 g/mol. The molecule has 0 aromatic carbocycles. The fraction of sp³-hybridized carbons (Fsp3) is 0.833. The van der Waals surface area contributed by atoms with E-state index in [9.17, 15) is 9.59 Å². The predicted octanol–water partition coefficient (Wildman–Crippen LogP) is 0.145. The summed E-state index contributed by atoms with van der Waals surface area (Å²) in [4.78, 5) is 25.4. The van der Waals surface area contributed by atoms with Crippen LogP contribution in [0.25, 0.3) is 0 Å². The maximum Gasteiger partial charge on any atom is 0.239 e. The van der Waals surface area contributed by atoms with E-state index < -0.39 is 0 Å². The average Bonchev–Trinajstić information content (AvgIpc) is 2.96. The lowest BCUT2D eigenvalue weighted by atomic mass is 9.88. The van der Waals surface area contributed by atoms with E-state index in [1.807, 2.05) is 6.92 Å². The molecule has 2 N–H and O–H groups in total. The third kappa shape index (κ3) is 3.59. The number of halogens is 1. The first kappa shape index (κ1) is 15.2. The first-order valence-corrected chi connectivity index (χ1v) is 6.27. The summed E-state index contributed by atoms with van der Waals surface area (Å²) in [5.41, 5.74) is -0.339. The van der Waals surface area contributed by atoms with Gasteiger partial charge in [-0.15, -0.1) is 12.4 Å². The molecule has 18 heavy (non-hydrogen) atoms. The van der Waals surface area contributed by atoms with Crippen LogP contribution in [-0.4, -0.2) is 49.4 Å². The largest absolute Gasteiger partial charge is 0.352 e. The summed E-state index contributed by atoms with van der Waals surface area (Å²) >= 11 is 0. The van der Waals surface area contributed by atoms with Crippen molar-refractivity contribution >= 4 is 24.2 Å². The Hall–Kier alpha value is -0.810. The van der Waals surface area contributed by atoms with Gasteiger partial charge in [-0.25, -0.2) is 0 Å². The zero-order valence-corrected chi connectivity index (χ0v) is 11.8. The van der Waals surface area contributed by atoms with Gasteiger partial charge in [0.05, 0.1) is 12.0 Å². The topological polar surface area (TPSA) is 61.4 Å². The third-order valence-corrected chi connectivity index (χ3v) is 3.55. The fourth-order valence-corrected chi connectivity index (χ4v) is 2.25. The van der Waals surface area contributed by atoms with Crippen molar-refractivity contribution in [2.45, 2.75) is 32.2 Å². The van der Waals surface area contributed by atoms with E-state index in [1.165, 1.54) is 0 Å². The van der Waals surface area contributed by atoms with E-state index in [-0.39, 0.29) is 36.2 Å². The van der Waals surface area contributed by atoms with Crippen molar-refractivity contribution in [1.82, 2.24) is 15.5 Å². The summed E-state index contributed by atoms with van der Waals surface area (Å²) in [7, 11) is 1.71. The van der Waals surface area contributed by atoms with E-state index in [0.717, 1.165) is 25.8 Å². The van der Waals surface area contributed by atoms with Crippen molar-refractivity contribution in [3.8, 4) is 0 Å². The van der Waals surface area contributed by atoms with Crippen LogP contribution in [0, 0.1) is 5.41 Å². The Balaban J connectivity index is 0.00000162. The average molecular weight is 276 g/mol. The molecule has 2 aliphatic rings. The van der Waals surface area contributed by atoms with Crippen LogP contribution in [0.3, 0.4) is 0 Å². The number of hydrogen-bond acceptors (Lipinski definition) is 3. The number of amides is 2. The fourth-order valence-electron chi connectivity index (χ4n) is 2.25. The molecule has 2 rings (SSSR count). The molecule has 2 fully saturated rings. The summed E-state index contributed by atoms with van der Waals surface area (Å²) in [5.74, 6) is 0.0198. The Morgan fingerprint density at radius 1 is 1.44 bits per heavy atom. The Labute approximate surface area is 114 Å². The van der Waals surface area contributed by atoms with Crippen LogP contribution in [0.15, 0.2) is 0 Å². The number of nitrogens with one attached hydrogen (secondary N) is 2. The highest BCUT2D eigenvalue weighted by atomic mass is 35.5. The molecular formula is C12H22ClN3O2. The first-order valence-electron chi connectivity index (χ1n) is 6.27. The lowest BCUT2D eigenvalue weighted by molar-refractivity contribution is -0.141. The number of nitrogens with zero attached hydrogens (tertiary/aromatic N) is 1. The molecule has 1 saturated carbocycles. The molecule has 0 aromatic rings. The van der Waals surface area contributed by atoms with Crippen LogP contribution >= 0.6 is 12.4 Å². The molecule has 0 radical (unpaired) electrons. The first-order chi connectivity index (χ1) is 8.01. The van der Waals surface area contributed by atoms with E-state index >= 15 is 0 Å². The van der Waals surface area contributed by atoms with Gasteiger partial charge in [0, 0.05) is 19.6 Å². The molecule has 0 aromatic heterocycles.